The van der Waals surface area contributed by atoms with Crippen molar-refractivity contribution in [3.8, 4) is 0 Å². The Kier molecular flexibility index (Phi) is 6.36. The predicted octanol–water partition coefficient (Wildman–Crippen LogP) is 4.39. The fraction of sp³-hybridized carbons (Fsp3) is 0.611. The standard InChI is InChI=1S/C18H24ClNOS2/c1-13-9-15(19)4-5-17(13)18(21)14-3-2-6-20(10-14)16-11-22-7-8-23-12-16/h4-5,9,14,16H,2-3,6-8,10-12H2,1H3. The van der Waals surface area contributed by atoms with E-state index in [-0.39, 0.29) is 5.92 Å². The maximum atomic E-state index is 12.9. The summed E-state index contributed by atoms with van der Waals surface area (Å²) in [6.07, 6.45) is 2.15. The van der Waals surface area contributed by atoms with Gasteiger partial charge >= 0.3 is 0 Å². The van der Waals surface area contributed by atoms with Gasteiger partial charge in [0.2, 0.25) is 0 Å². The quantitative estimate of drug-likeness (QED) is 0.736. The number of Topliss-reactive ketones (excluding diaryl/α,β-unsaturated/α-hetero) is 1. The van der Waals surface area contributed by atoms with Crippen LogP contribution in [0.4, 0.5) is 0 Å². The van der Waals surface area contributed by atoms with Gasteiger partial charge in [0.05, 0.1) is 0 Å². The van der Waals surface area contributed by atoms with Gasteiger partial charge in [-0.15, -0.1) is 0 Å². The molecule has 0 aliphatic carbocycles. The summed E-state index contributed by atoms with van der Waals surface area (Å²) in [7, 11) is 0. The molecule has 1 unspecified atom stereocenters. The van der Waals surface area contributed by atoms with Crippen molar-refractivity contribution in [2.24, 2.45) is 5.92 Å². The van der Waals surface area contributed by atoms with Gasteiger partial charge in [-0.2, -0.15) is 23.5 Å². The Bertz CT molecular complexity index is 558. The van der Waals surface area contributed by atoms with Crippen LogP contribution in [-0.4, -0.2) is 52.8 Å². The lowest BCUT2D eigenvalue weighted by Gasteiger charge is -2.37. The number of carbonyl (C=O) groups is 1. The van der Waals surface area contributed by atoms with Crippen LogP contribution in [0.3, 0.4) is 0 Å². The summed E-state index contributed by atoms with van der Waals surface area (Å²) >= 11 is 10.2. The molecule has 1 atom stereocenters. The molecule has 2 fully saturated rings. The van der Waals surface area contributed by atoms with E-state index in [1.54, 1.807) is 0 Å². The summed E-state index contributed by atoms with van der Waals surface area (Å²) in [5, 5.41) is 0.705. The molecule has 2 saturated heterocycles. The molecule has 0 N–H and O–H groups in total. The molecule has 1 aromatic carbocycles. The van der Waals surface area contributed by atoms with Crippen molar-refractivity contribution in [3.63, 3.8) is 0 Å². The van der Waals surface area contributed by atoms with E-state index in [4.69, 9.17) is 11.6 Å². The molecular formula is C18H24ClNOS2. The molecule has 126 valence electrons. The van der Waals surface area contributed by atoms with Gasteiger partial charge in [-0.3, -0.25) is 9.69 Å². The number of piperidine rings is 1. The van der Waals surface area contributed by atoms with E-state index >= 15 is 0 Å². The van der Waals surface area contributed by atoms with Crippen LogP contribution in [0.1, 0.15) is 28.8 Å². The maximum absolute atomic E-state index is 12.9. The topological polar surface area (TPSA) is 20.3 Å². The summed E-state index contributed by atoms with van der Waals surface area (Å²) in [6, 6.07) is 6.26. The number of hydrogen-bond acceptors (Lipinski definition) is 4. The fourth-order valence-electron chi connectivity index (χ4n) is 3.49. The van der Waals surface area contributed by atoms with Crippen molar-refractivity contribution < 1.29 is 4.79 Å². The molecule has 0 aromatic heterocycles. The van der Waals surface area contributed by atoms with Gasteiger partial charge in [0.1, 0.15) is 0 Å². The van der Waals surface area contributed by atoms with E-state index in [0.29, 0.717) is 16.8 Å². The van der Waals surface area contributed by atoms with Crippen molar-refractivity contribution in [1.29, 1.82) is 0 Å². The van der Waals surface area contributed by atoms with Crippen molar-refractivity contribution in [3.05, 3.63) is 34.3 Å². The fourth-order valence-corrected chi connectivity index (χ4v) is 6.34. The molecule has 0 amide bonds. The number of aryl methyl sites for hydroxylation is 1. The largest absolute Gasteiger partial charge is 0.298 e. The highest BCUT2D eigenvalue weighted by atomic mass is 35.5. The zero-order valence-corrected chi connectivity index (χ0v) is 16.0. The van der Waals surface area contributed by atoms with Crippen LogP contribution >= 0.6 is 35.1 Å². The van der Waals surface area contributed by atoms with Crippen molar-refractivity contribution >= 4 is 40.9 Å². The van der Waals surface area contributed by atoms with E-state index in [9.17, 15) is 4.79 Å². The normalized spacial score (nSPS) is 24.3. The number of likely N-dealkylation sites (tertiary alicyclic amines) is 1. The second kappa shape index (κ2) is 8.28. The number of hydrogen-bond donors (Lipinski definition) is 0. The van der Waals surface area contributed by atoms with Gasteiger partial charge in [-0.1, -0.05) is 11.6 Å². The third-order valence-corrected chi connectivity index (χ3v) is 7.51. The van der Waals surface area contributed by atoms with Crippen LogP contribution in [0.5, 0.6) is 0 Å². The lowest BCUT2D eigenvalue weighted by atomic mass is 9.88. The number of halogens is 1. The monoisotopic (exact) mass is 369 g/mol. The molecule has 2 aliphatic heterocycles. The van der Waals surface area contributed by atoms with Crippen LogP contribution in [0, 0.1) is 12.8 Å². The molecule has 2 heterocycles. The van der Waals surface area contributed by atoms with Crippen LogP contribution in [0.15, 0.2) is 18.2 Å². The minimum absolute atomic E-state index is 0.141. The van der Waals surface area contributed by atoms with Crippen LogP contribution < -0.4 is 0 Å². The first-order valence-electron chi connectivity index (χ1n) is 8.35. The molecule has 0 radical (unpaired) electrons. The highest BCUT2D eigenvalue weighted by Gasteiger charge is 2.31. The van der Waals surface area contributed by atoms with E-state index in [2.05, 4.69) is 28.4 Å². The lowest BCUT2D eigenvalue weighted by molar-refractivity contribution is 0.0786. The Morgan fingerprint density at radius 1 is 1.26 bits per heavy atom. The zero-order valence-electron chi connectivity index (χ0n) is 13.6. The van der Waals surface area contributed by atoms with Crippen LogP contribution in [0.2, 0.25) is 5.02 Å². The van der Waals surface area contributed by atoms with E-state index < -0.39 is 0 Å². The molecule has 0 saturated carbocycles. The first-order chi connectivity index (χ1) is 11.1. The zero-order chi connectivity index (χ0) is 16.2. The number of nitrogens with zero attached hydrogens (tertiary/aromatic N) is 1. The molecular weight excluding hydrogens is 346 g/mol. The van der Waals surface area contributed by atoms with E-state index in [1.165, 1.54) is 23.0 Å². The highest BCUT2D eigenvalue weighted by Crippen LogP contribution is 2.28. The number of carbonyl (C=O) groups excluding carboxylic acids is 1. The first-order valence-corrected chi connectivity index (χ1v) is 11.0. The van der Waals surface area contributed by atoms with Gasteiger partial charge in [-0.05, 0) is 50.1 Å². The Morgan fingerprint density at radius 3 is 2.70 bits per heavy atom. The summed E-state index contributed by atoms with van der Waals surface area (Å²) in [5.41, 5.74) is 1.85. The van der Waals surface area contributed by atoms with Crippen LogP contribution in [0.25, 0.3) is 0 Å². The minimum atomic E-state index is 0.141. The smallest absolute Gasteiger partial charge is 0.167 e. The van der Waals surface area contributed by atoms with Gasteiger partial charge in [0.25, 0.3) is 0 Å². The SMILES string of the molecule is Cc1cc(Cl)ccc1C(=O)C1CCCN(C2CSCCSC2)C1. The Labute approximate surface area is 152 Å². The minimum Gasteiger partial charge on any atom is -0.298 e. The molecule has 0 bridgehead atoms. The molecule has 23 heavy (non-hydrogen) atoms. The molecule has 2 nitrogen and oxygen atoms in total. The highest BCUT2D eigenvalue weighted by molar-refractivity contribution is 8.03. The van der Waals surface area contributed by atoms with Gasteiger partial charge in [0, 0.05) is 52.1 Å². The summed E-state index contributed by atoms with van der Waals surface area (Å²) in [5.74, 6) is 5.41. The molecule has 1 aromatic rings. The lowest BCUT2D eigenvalue weighted by Crippen LogP contribution is -2.46. The molecule has 5 heteroatoms. The predicted molar refractivity (Wildman–Crippen MR) is 103 cm³/mol. The Balaban J connectivity index is 1.68. The third-order valence-electron chi connectivity index (χ3n) is 4.79. The van der Waals surface area contributed by atoms with Gasteiger partial charge < -0.3 is 0 Å². The average Bonchev–Trinajstić information content (AvgIpc) is 2.84. The van der Waals surface area contributed by atoms with E-state index in [0.717, 1.165) is 37.1 Å². The van der Waals surface area contributed by atoms with Crippen molar-refractivity contribution in [2.45, 2.75) is 25.8 Å². The number of ketones is 1. The molecule has 0 spiro atoms. The first kappa shape index (κ1) is 17.7. The summed E-state index contributed by atoms with van der Waals surface area (Å²) < 4.78 is 0. The number of benzene rings is 1. The van der Waals surface area contributed by atoms with Gasteiger partial charge in [0.15, 0.2) is 5.78 Å². The second-order valence-electron chi connectivity index (χ2n) is 6.46. The molecule has 2 aliphatic rings. The third kappa shape index (κ3) is 4.47. The summed E-state index contributed by atoms with van der Waals surface area (Å²) in [6.45, 7) is 4.06. The van der Waals surface area contributed by atoms with Gasteiger partial charge in [-0.25, -0.2) is 0 Å². The Hall–Kier alpha value is -0.160. The van der Waals surface area contributed by atoms with Crippen molar-refractivity contribution in [1.82, 2.24) is 4.90 Å². The summed E-state index contributed by atoms with van der Waals surface area (Å²) in [4.78, 5) is 15.5. The number of thioether (sulfide) groups is 2. The van der Waals surface area contributed by atoms with Crippen molar-refractivity contribution in [2.75, 3.05) is 36.1 Å². The second-order valence-corrected chi connectivity index (χ2v) is 9.20. The van der Waals surface area contributed by atoms with E-state index in [1.807, 2.05) is 25.1 Å². The van der Waals surface area contributed by atoms with Crippen LogP contribution in [-0.2, 0) is 0 Å². The number of rotatable bonds is 3. The molecule has 3 rings (SSSR count). The maximum Gasteiger partial charge on any atom is 0.167 e. The average molecular weight is 370 g/mol. The Morgan fingerprint density at radius 2 is 2.00 bits per heavy atom.